The first-order valence-electron chi connectivity index (χ1n) is 8.28. The molecule has 1 fully saturated rings. The Morgan fingerprint density at radius 2 is 2.20 bits per heavy atom. The van der Waals surface area contributed by atoms with Crippen molar-refractivity contribution in [1.29, 1.82) is 0 Å². The quantitative estimate of drug-likeness (QED) is 0.738. The van der Waals surface area contributed by atoms with Crippen molar-refractivity contribution in [2.24, 2.45) is 0 Å². The minimum Gasteiger partial charge on any atom is -0.353 e. The highest BCUT2D eigenvalue weighted by atomic mass is 32.1. The van der Waals surface area contributed by atoms with Crippen molar-refractivity contribution in [3.8, 4) is 0 Å². The third-order valence-corrected chi connectivity index (χ3v) is 5.42. The van der Waals surface area contributed by atoms with Crippen LogP contribution in [0, 0.1) is 5.82 Å². The molecule has 1 amide bonds. The van der Waals surface area contributed by atoms with Gasteiger partial charge in [0.1, 0.15) is 11.9 Å². The van der Waals surface area contributed by atoms with Gasteiger partial charge in [-0.05, 0) is 49.7 Å². The van der Waals surface area contributed by atoms with E-state index in [-0.39, 0.29) is 29.8 Å². The molecule has 1 aliphatic rings. The van der Waals surface area contributed by atoms with Crippen LogP contribution in [0.5, 0.6) is 0 Å². The highest BCUT2D eigenvalue weighted by molar-refractivity contribution is 7.10. The highest BCUT2D eigenvalue weighted by Gasteiger charge is 2.31. The van der Waals surface area contributed by atoms with Crippen LogP contribution in [0.15, 0.2) is 41.8 Å². The predicted octanol–water partition coefficient (Wildman–Crippen LogP) is 2.21. The van der Waals surface area contributed by atoms with Crippen LogP contribution in [0.25, 0.3) is 0 Å². The van der Waals surface area contributed by atoms with Gasteiger partial charge in [0.2, 0.25) is 5.91 Å². The molecule has 1 aromatic carbocycles. The fourth-order valence-electron chi connectivity index (χ4n) is 3.04. The lowest BCUT2D eigenvalue weighted by atomic mass is 10.0. The number of hydrazine groups is 1. The number of hydrogen-bond acceptors (Lipinski definition) is 5. The van der Waals surface area contributed by atoms with E-state index in [9.17, 15) is 9.18 Å². The summed E-state index contributed by atoms with van der Waals surface area (Å²) in [6, 6.07) is 10.4. The van der Waals surface area contributed by atoms with Crippen LogP contribution in [-0.4, -0.2) is 37.5 Å². The Bertz CT molecular complexity index is 707. The van der Waals surface area contributed by atoms with Crippen LogP contribution in [-0.2, 0) is 4.79 Å². The average molecular weight is 362 g/mol. The number of carbonyl (C=O) groups excluding carboxylic acids is 1. The van der Waals surface area contributed by atoms with E-state index in [0.717, 1.165) is 5.56 Å². The van der Waals surface area contributed by atoms with Crippen LogP contribution in [0.2, 0.25) is 0 Å². The van der Waals surface area contributed by atoms with Gasteiger partial charge in [-0.2, -0.15) is 0 Å². The van der Waals surface area contributed by atoms with Crippen molar-refractivity contribution in [1.82, 2.24) is 21.1 Å². The molecule has 0 radical (unpaired) electrons. The van der Waals surface area contributed by atoms with Crippen molar-refractivity contribution in [2.45, 2.75) is 24.5 Å². The molecule has 2 heterocycles. The number of nitrogens with one attached hydrogen (secondary N) is 3. The summed E-state index contributed by atoms with van der Waals surface area (Å²) in [6.07, 6.45) is 0.707. The number of benzene rings is 1. The molecule has 3 N–H and O–H groups in total. The molecule has 1 saturated heterocycles. The fraction of sp³-hybridized carbons (Fsp3) is 0.389. The lowest BCUT2D eigenvalue weighted by Crippen LogP contribution is -2.45. The third kappa shape index (κ3) is 4.43. The topological polar surface area (TPSA) is 56.4 Å². The van der Waals surface area contributed by atoms with Crippen molar-refractivity contribution < 1.29 is 9.18 Å². The Morgan fingerprint density at radius 3 is 2.88 bits per heavy atom. The summed E-state index contributed by atoms with van der Waals surface area (Å²) < 4.78 is 13.5. The maximum atomic E-state index is 13.5. The number of thiophene rings is 1. The summed E-state index contributed by atoms with van der Waals surface area (Å²) in [5.74, 6) is -0.314. The van der Waals surface area contributed by atoms with Crippen molar-refractivity contribution >= 4 is 17.2 Å². The largest absolute Gasteiger partial charge is 0.353 e. The first-order chi connectivity index (χ1) is 12.0. The van der Waals surface area contributed by atoms with Gasteiger partial charge in [0.25, 0.3) is 0 Å². The second-order valence-corrected chi connectivity index (χ2v) is 7.40. The van der Waals surface area contributed by atoms with Gasteiger partial charge < -0.3 is 10.2 Å². The molecular formula is C18H23FN4OS. The monoisotopic (exact) mass is 362 g/mol. The number of likely N-dealkylation sites (N-methyl/N-ethyl adjacent to an activating group) is 1. The Hall–Kier alpha value is -1.80. The first-order valence-corrected chi connectivity index (χ1v) is 9.16. The zero-order valence-electron chi connectivity index (χ0n) is 14.3. The molecule has 0 bridgehead atoms. The molecule has 5 nitrogen and oxygen atoms in total. The van der Waals surface area contributed by atoms with Crippen molar-refractivity contribution in [2.75, 3.05) is 20.6 Å². The van der Waals surface area contributed by atoms with E-state index in [0.29, 0.717) is 13.0 Å². The summed E-state index contributed by atoms with van der Waals surface area (Å²) in [7, 11) is 3.84. The van der Waals surface area contributed by atoms with Crippen LogP contribution in [0.4, 0.5) is 4.39 Å². The number of carbonyl (C=O) groups is 1. The van der Waals surface area contributed by atoms with Crippen LogP contribution < -0.4 is 16.2 Å². The minimum absolute atomic E-state index is 0.0465. The number of halogens is 1. The van der Waals surface area contributed by atoms with E-state index >= 15 is 0 Å². The second kappa shape index (κ2) is 8.05. The summed E-state index contributed by atoms with van der Waals surface area (Å²) in [5, 5.41) is 5.02. The van der Waals surface area contributed by atoms with Gasteiger partial charge in [-0.1, -0.05) is 18.2 Å². The lowest BCUT2D eigenvalue weighted by Gasteiger charge is -2.25. The van der Waals surface area contributed by atoms with Crippen molar-refractivity contribution in [3.05, 3.63) is 58.0 Å². The van der Waals surface area contributed by atoms with Gasteiger partial charge >= 0.3 is 0 Å². The summed E-state index contributed by atoms with van der Waals surface area (Å²) in [6.45, 7) is 0.428. The van der Waals surface area contributed by atoms with Gasteiger partial charge in [0, 0.05) is 11.4 Å². The van der Waals surface area contributed by atoms with Gasteiger partial charge in [0.15, 0.2) is 0 Å². The normalized spacial score (nSPS) is 21.4. The minimum atomic E-state index is -0.276. The highest BCUT2D eigenvalue weighted by Crippen LogP contribution is 2.26. The van der Waals surface area contributed by atoms with Crippen LogP contribution in [0.1, 0.15) is 28.9 Å². The van der Waals surface area contributed by atoms with Crippen LogP contribution >= 0.6 is 11.3 Å². The molecule has 0 aliphatic carbocycles. The fourth-order valence-corrected chi connectivity index (χ4v) is 3.83. The van der Waals surface area contributed by atoms with Gasteiger partial charge in [-0.15, -0.1) is 11.3 Å². The van der Waals surface area contributed by atoms with E-state index < -0.39 is 0 Å². The predicted molar refractivity (Wildman–Crippen MR) is 97.6 cm³/mol. The van der Waals surface area contributed by atoms with Gasteiger partial charge in [-0.25, -0.2) is 15.2 Å². The molecule has 0 spiro atoms. The van der Waals surface area contributed by atoms with Crippen molar-refractivity contribution in [3.63, 3.8) is 0 Å². The van der Waals surface area contributed by atoms with Gasteiger partial charge in [0.05, 0.1) is 12.1 Å². The smallest absolute Gasteiger partial charge is 0.238 e. The number of nitrogens with zero attached hydrogens (tertiary/aromatic N) is 1. The SMILES string of the molecule is CN(C)C(CNC(=O)C1CC(c2cccs2)NN1)c1cccc(F)c1. The molecule has 1 aliphatic heterocycles. The number of rotatable bonds is 6. The first kappa shape index (κ1) is 18.0. The van der Waals surface area contributed by atoms with Crippen LogP contribution in [0.3, 0.4) is 0 Å². The van der Waals surface area contributed by atoms with Gasteiger partial charge in [-0.3, -0.25) is 4.79 Å². The molecule has 3 unspecified atom stereocenters. The molecule has 3 atom stereocenters. The zero-order valence-corrected chi connectivity index (χ0v) is 15.1. The van der Waals surface area contributed by atoms with E-state index in [1.54, 1.807) is 17.4 Å². The zero-order chi connectivity index (χ0) is 17.8. The Kier molecular flexibility index (Phi) is 5.80. The number of amides is 1. The molecule has 134 valence electrons. The molecular weight excluding hydrogens is 339 g/mol. The Morgan fingerprint density at radius 1 is 1.36 bits per heavy atom. The molecule has 25 heavy (non-hydrogen) atoms. The standard InChI is InChI=1S/C18H23FN4OS/c1-23(2)16(12-5-3-6-13(19)9-12)11-20-18(24)15-10-14(21-22-15)17-7-4-8-25-17/h3-9,14-16,21-22H,10-11H2,1-2H3,(H,20,24). The number of hydrogen-bond donors (Lipinski definition) is 3. The molecule has 3 rings (SSSR count). The average Bonchev–Trinajstić information content (AvgIpc) is 3.26. The summed E-state index contributed by atoms with van der Waals surface area (Å²) in [4.78, 5) is 15.7. The lowest BCUT2D eigenvalue weighted by molar-refractivity contribution is -0.123. The third-order valence-electron chi connectivity index (χ3n) is 4.43. The van der Waals surface area contributed by atoms with E-state index in [1.165, 1.54) is 17.0 Å². The molecule has 2 aromatic rings. The molecule has 7 heteroatoms. The van der Waals surface area contributed by atoms with E-state index in [1.807, 2.05) is 36.5 Å². The maximum Gasteiger partial charge on any atom is 0.238 e. The molecule has 1 aromatic heterocycles. The van der Waals surface area contributed by atoms with E-state index in [4.69, 9.17) is 0 Å². The Balaban J connectivity index is 1.57. The Labute approximate surface area is 151 Å². The summed E-state index contributed by atoms with van der Waals surface area (Å²) >= 11 is 1.68. The van der Waals surface area contributed by atoms with E-state index in [2.05, 4.69) is 22.2 Å². The maximum absolute atomic E-state index is 13.5. The second-order valence-electron chi connectivity index (χ2n) is 6.42. The summed E-state index contributed by atoms with van der Waals surface area (Å²) in [5.41, 5.74) is 7.09. The molecule has 0 saturated carbocycles.